The van der Waals surface area contributed by atoms with Gasteiger partial charge in [-0.1, -0.05) is 0 Å². The first kappa shape index (κ1) is 16.0. The van der Waals surface area contributed by atoms with Crippen LogP contribution in [0.2, 0.25) is 0 Å². The Balaban J connectivity index is 1.75. The number of thioether (sulfide) groups is 1. The van der Waals surface area contributed by atoms with Gasteiger partial charge in [0.05, 0.1) is 4.91 Å². The number of phenolic OH excluding ortho intramolecular Hbond substituents is 1. The number of aromatic hydroxyl groups is 1. The Kier molecular flexibility index (Phi) is 4.41. The lowest BCUT2D eigenvalue weighted by molar-refractivity contribution is -0.113. The van der Waals surface area contributed by atoms with Crippen molar-refractivity contribution in [2.75, 3.05) is 27.2 Å². The molecule has 2 heterocycles. The third-order valence-corrected chi connectivity index (χ3v) is 5.09. The minimum absolute atomic E-state index is 0.0606. The highest BCUT2D eigenvalue weighted by Crippen LogP contribution is 2.33. The third-order valence-electron chi connectivity index (χ3n) is 4.05. The molecule has 7 heteroatoms. The highest BCUT2D eigenvalue weighted by atomic mass is 32.2. The summed E-state index contributed by atoms with van der Waals surface area (Å²) in [4.78, 5) is 20.8. The average Bonchev–Trinajstić information content (AvgIpc) is 3.10. The summed E-state index contributed by atoms with van der Waals surface area (Å²) in [5, 5.41) is 10.5. The van der Waals surface area contributed by atoms with Crippen LogP contribution in [0.25, 0.3) is 6.08 Å². The Labute approximate surface area is 138 Å². The van der Waals surface area contributed by atoms with Crippen LogP contribution in [-0.4, -0.2) is 59.2 Å². The molecule has 1 N–H and O–H groups in total. The fourth-order valence-electron chi connectivity index (χ4n) is 2.65. The molecule has 1 amide bonds. The van der Waals surface area contributed by atoms with E-state index in [-0.39, 0.29) is 17.2 Å². The number of likely N-dealkylation sites (tertiary alicyclic amines) is 1. The minimum Gasteiger partial charge on any atom is -0.507 e. The van der Waals surface area contributed by atoms with Gasteiger partial charge in [-0.2, -0.15) is 4.99 Å². The highest BCUT2D eigenvalue weighted by molar-refractivity contribution is 8.18. The monoisotopic (exact) mass is 335 g/mol. The Morgan fingerprint density at radius 3 is 2.96 bits per heavy atom. The summed E-state index contributed by atoms with van der Waals surface area (Å²) in [5.74, 6) is -0.865. The first-order valence-corrected chi connectivity index (χ1v) is 8.18. The molecule has 2 aliphatic rings. The maximum Gasteiger partial charge on any atom is 0.286 e. The van der Waals surface area contributed by atoms with Crippen LogP contribution in [0.4, 0.5) is 4.39 Å². The van der Waals surface area contributed by atoms with Gasteiger partial charge in [-0.3, -0.25) is 4.79 Å². The zero-order valence-electron chi connectivity index (χ0n) is 13.0. The van der Waals surface area contributed by atoms with Crippen molar-refractivity contribution in [2.24, 2.45) is 4.99 Å². The van der Waals surface area contributed by atoms with Gasteiger partial charge in [-0.15, -0.1) is 0 Å². The van der Waals surface area contributed by atoms with E-state index in [1.807, 2.05) is 14.1 Å². The van der Waals surface area contributed by atoms with Crippen molar-refractivity contribution in [1.29, 1.82) is 0 Å². The predicted octanol–water partition coefficient (Wildman–Crippen LogP) is 2.14. The minimum atomic E-state index is -0.459. The number of amidine groups is 1. The summed E-state index contributed by atoms with van der Waals surface area (Å²) >= 11 is 1.27. The number of carbonyl (C=O) groups excluding carboxylic acids is 1. The molecule has 0 spiro atoms. The molecule has 1 aromatic carbocycles. The molecule has 1 unspecified atom stereocenters. The number of halogens is 1. The molecule has 0 saturated carbocycles. The second kappa shape index (κ2) is 6.33. The van der Waals surface area contributed by atoms with E-state index in [0.29, 0.717) is 16.1 Å². The second-order valence-electron chi connectivity index (χ2n) is 5.87. The maximum atomic E-state index is 13.3. The Morgan fingerprint density at radius 2 is 2.26 bits per heavy atom. The number of nitrogens with zero attached hydrogens (tertiary/aromatic N) is 3. The van der Waals surface area contributed by atoms with Crippen LogP contribution in [0.3, 0.4) is 0 Å². The molecular formula is C16H18FN3O2S. The lowest BCUT2D eigenvalue weighted by atomic mass is 10.2. The van der Waals surface area contributed by atoms with Crippen LogP contribution in [-0.2, 0) is 4.79 Å². The fourth-order valence-corrected chi connectivity index (χ4v) is 3.59. The number of aliphatic imine (C=N–C) groups is 1. The summed E-state index contributed by atoms with van der Waals surface area (Å²) in [6.07, 6.45) is 2.52. The summed E-state index contributed by atoms with van der Waals surface area (Å²) in [7, 11) is 4.09. The number of phenols is 1. The number of hydrogen-bond acceptors (Lipinski definition) is 5. The predicted molar refractivity (Wildman–Crippen MR) is 89.7 cm³/mol. The SMILES string of the molecule is CN(C)C1CCN(C2=NC(=O)C(=Cc3cc(F)ccc3O)S2)C1. The molecule has 0 aromatic heterocycles. The van der Waals surface area contributed by atoms with Gasteiger partial charge in [0.25, 0.3) is 5.91 Å². The van der Waals surface area contributed by atoms with E-state index >= 15 is 0 Å². The number of carbonyl (C=O) groups is 1. The first-order chi connectivity index (χ1) is 10.9. The van der Waals surface area contributed by atoms with Crippen molar-refractivity contribution in [3.63, 3.8) is 0 Å². The molecule has 0 bridgehead atoms. The Hall–Kier alpha value is -1.86. The molecule has 122 valence electrons. The molecule has 1 atom stereocenters. The summed E-state index contributed by atoms with van der Waals surface area (Å²) in [6, 6.07) is 4.10. The van der Waals surface area contributed by atoms with E-state index in [1.54, 1.807) is 0 Å². The molecule has 5 nitrogen and oxygen atoms in total. The highest BCUT2D eigenvalue weighted by Gasteiger charge is 2.32. The molecule has 3 rings (SSSR count). The van der Waals surface area contributed by atoms with Crippen molar-refractivity contribution >= 4 is 28.9 Å². The third kappa shape index (κ3) is 3.40. The van der Waals surface area contributed by atoms with Gasteiger partial charge in [0, 0.05) is 24.7 Å². The maximum absolute atomic E-state index is 13.3. The van der Waals surface area contributed by atoms with Gasteiger partial charge in [0.2, 0.25) is 0 Å². The van der Waals surface area contributed by atoms with E-state index < -0.39 is 5.82 Å². The van der Waals surface area contributed by atoms with Crippen molar-refractivity contribution in [3.05, 3.63) is 34.5 Å². The topological polar surface area (TPSA) is 56.1 Å². The van der Waals surface area contributed by atoms with Crippen LogP contribution >= 0.6 is 11.8 Å². The molecule has 1 saturated heterocycles. The lowest BCUT2D eigenvalue weighted by Gasteiger charge is -2.20. The molecular weight excluding hydrogens is 317 g/mol. The van der Waals surface area contributed by atoms with Crippen molar-refractivity contribution in [2.45, 2.75) is 12.5 Å². The standard InChI is InChI=1S/C16H18FN3O2S/c1-19(2)12-5-6-20(9-12)16-18-15(22)14(23-16)8-10-7-11(17)3-4-13(10)21/h3-4,7-8,12,21H,5-6,9H2,1-2H3. The van der Waals surface area contributed by atoms with E-state index in [9.17, 15) is 14.3 Å². The van der Waals surface area contributed by atoms with Crippen LogP contribution in [0.15, 0.2) is 28.1 Å². The summed E-state index contributed by atoms with van der Waals surface area (Å²) in [6.45, 7) is 1.70. The van der Waals surface area contributed by atoms with Gasteiger partial charge in [-0.05, 0) is 56.6 Å². The molecule has 0 radical (unpaired) electrons. The van der Waals surface area contributed by atoms with Gasteiger partial charge in [0.1, 0.15) is 11.6 Å². The van der Waals surface area contributed by atoms with Gasteiger partial charge in [-0.25, -0.2) is 4.39 Å². The zero-order chi connectivity index (χ0) is 16.6. The van der Waals surface area contributed by atoms with E-state index in [4.69, 9.17) is 0 Å². The molecule has 0 aliphatic carbocycles. The van der Waals surface area contributed by atoms with Crippen LogP contribution in [0, 0.1) is 5.82 Å². The normalized spacial score (nSPS) is 23.2. The summed E-state index contributed by atoms with van der Waals surface area (Å²) < 4.78 is 13.3. The lowest BCUT2D eigenvalue weighted by Crippen LogP contribution is -2.33. The van der Waals surface area contributed by atoms with E-state index in [2.05, 4.69) is 14.8 Å². The fraction of sp³-hybridized carbons (Fsp3) is 0.375. The van der Waals surface area contributed by atoms with Crippen molar-refractivity contribution in [3.8, 4) is 5.75 Å². The van der Waals surface area contributed by atoms with Gasteiger partial charge >= 0.3 is 0 Å². The van der Waals surface area contributed by atoms with Crippen LogP contribution in [0.5, 0.6) is 5.75 Å². The Morgan fingerprint density at radius 1 is 1.48 bits per heavy atom. The van der Waals surface area contributed by atoms with E-state index in [0.717, 1.165) is 19.5 Å². The number of benzene rings is 1. The number of rotatable bonds is 2. The van der Waals surface area contributed by atoms with Crippen LogP contribution < -0.4 is 0 Å². The smallest absolute Gasteiger partial charge is 0.286 e. The van der Waals surface area contributed by atoms with Crippen LogP contribution in [0.1, 0.15) is 12.0 Å². The van der Waals surface area contributed by atoms with Crippen molar-refractivity contribution < 1.29 is 14.3 Å². The van der Waals surface area contributed by atoms with Gasteiger partial charge < -0.3 is 14.9 Å². The van der Waals surface area contributed by atoms with Gasteiger partial charge in [0.15, 0.2) is 5.17 Å². The first-order valence-electron chi connectivity index (χ1n) is 7.36. The average molecular weight is 335 g/mol. The molecule has 23 heavy (non-hydrogen) atoms. The molecule has 1 aromatic rings. The quantitative estimate of drug-likeness (QED) is 0.839. The second-order valence-corrected chi connectivity index (χ2v) is 6.87. The number of hydrogen-bond donors (Lipinski definition) is 1. The van der Waals surface area contributed by atoms with Crippen molar-refractivity contribution in [1.82, 2.24) is 9.80 Å². The Bertz CT molecular complexity index is 703. The molecule has 1 fully saturated rings. The number of likely N-dealkylation sites (N-methyl/N-ethyl adjacent to an activating group) is 1. The molecule has 2 aliphatic heterocycles. The largest absolute Gasteiger partial charge is 0.507 e. The summed E-state index contributed by atoms with van der Waals surface area (Å²) in [5.41, 5.74) is 0.282. The number of amides is 1. The van der Waals surface area contributed by atoms with E-state index in [1.165, 1.54) is 36.0 Å². The zero-order valence-corrected chi connectivity index (χ0v) is 13.8.